The number of methoxy groups -OCH3 is 1. The Morgan fingerprint density at radius 1 is 1.19 bits per heavy atom. The van der Waals surface area contributed by atoms with Crippen molar-refractivity contribution in [2.24, 2.45) is 5.92 Å². The first-order chi connectivity index (χ1) is 10.1. The molecule has 4 nitrogen and oxygen atoms in total. The van der Waals surface area contributed by atoms with Crippen LogP contribution in [0.5, 0.6) is 11.5 Å². The van der Waals surface area contributed by atoms with Crippen molar-refractivity contribution in [3.05, 3.63) is 23.8 Å². The van der Waals surface area contributed by atoms with Crippen molar-refractivity contribution in [3.8, 4) is 11.5 Å². The summed E-state index contributed by atoms with van der Waals surface area (Å²) in [4.78, 5) is 14.4. The molecule has 1 aromatic carbocycles. The molecule has 0 aromatic heterocycles. The van der Waals surface area contributed by atoms with Gasteiger partial charge in [0.05, 0.1) is 13.7 Å². The number of likely N-dealkylation sites (tertiary alicyclic amines) is 1. The predicted octanol–water partition coefficient (Wildman–Crippen LogP) is 3.36. The third-order valence-electron chi connectivity index (χ3n) is 3.63. The quantitative estimate of drug-likeness (QED) is 0.835. The predicted molar refractivity (Wildman–Crippen MR) is 83.1 cm³/mol. The summed E-state index contributed by atoms with van der Waals surface area (Å²) in [7, 11) is 1.60. The molecule has 0 N–H and O–H groups in total. The lowest BCUT2D eigenvalue weighted by molar-refractivity contribution is 0.0724. The molecule has 116 valence electrons. The summed E-state index contributed by atoms with van der Waals surface area (Å²) in [5, 5.41) is 0. The maximum atomic E-state index is 12.5. The van der Waals surface area contributed by atoms with Crippen LogP contribution in [0.2, 0.25) is 0 Å². The molecule has 0 unspecified atom stereocenters. The van der Waals surface area contributed by atoms with Crippen molar-refractivity contribution in [2.75, 3.05) is 26.8 Å². The number of ether oxygens (including phenoxy) is 2. The van der Waals surface area contributed by atoms with Crippen LogP contribution < -0.4 is 9.47 Å². The van der Waals surface area contributed by atoms with Crippen LogP contribution in [0.4, 0.5) is 0 Å². The van der Waals surface area contributed by atoms with Gasteiger partial charge in [-0.3, -0.25) is 4.79 Å². The molecule has 0 bridgehead atoms. The molecule has 4 heteroatoms. The van der Waals surface area contributed by atoms with Crippen LogP contribution in [0.3, 0.4) is 0 Å². The fraction of sp³-hybridized carbons (Fsp3) is 0.588. The van der Waals surface area contributed by atoms with Crippen LogP contribution in [0.1, 0.15) is 43.5 Å². The van der Waals surface area contributed by atoms with Gasteiger partial charge in [-0.2, -0.15) is 0 Å². The highest BCUT2D eigenvalue weighted by atomic mass is 16.5. The van der Waals surface area contributed by atoms with Crippen LogP contribution in [0.25, 0.3) is 0 Å². The molecule has 1 aliphatic heterocycles. The third-order valence-corrected chi connectivity index (χ3v) is 3.63. The Morgan fingerprint density at radius 3 is 2.52 bits per heavy atom. The minimum atomic E-state index is 0.0865. The summed E-state index contributed by atoms with van der Waals surface area (Å²) in [6.45, 7) is 6.54. The lowest BCUT2D eigenvalue weighted by atomic mass is 10.1. The molecule has 0 aliphatic carbocycles. The number of hydrogen-bond acceptors (Lipinski definition) is 3. The number of hydrogen-bond donors (Lipinski definition) is 0. The monoisotopic (exact) mass is 291 g/mol. The molecule has 2 rings (SSSR count). The minimum absolute atomic E-state index is 0.0865. The van der Waals surface area contributed by atoms with E-state index >= 15 is 0 Å². The van der Waals surface area contributed by atoms with E-state index in [9.17, 15) is 4.79 Å². The van der Waals surface area contributed by atoms with Gasteiger partial charge in [-0.1, -0.05) is 13.8 Å². The first-order valence-corrected chi connectivity index (χ1v) is 7.72. The maximum absolute atomic E-state index is 12.5. The van der Waals surface area contributed by atoms with E-state index < -0.39 is 0 Å². The summed E-state index contributed by atoms with van der Waals surface area (Å²) < 4.78 is 11.1. The Bertz CT molecular complexity index is 479. The SMILES string of the molecule is COc1cc(C(=O)N2CCCCC2)ccc1OCC(C)C. The topological polar surface area (TPSA) is 38.8 Å². The Labute approximate surface area is 127 Å². The first kappa shape index (κ1) is 15.7. The van der Waals surface area contributed by atoms with Crippen LogP contribution in [-0.4, -0.2) is 37.6 Å². The maximum Gasteiger partial charge on any atom is 0.253 e. The Balaban J connectivity index is 2.11. The number of carbonyl (C=O) groups excluding carboxylic acids is 1. The molecule has 1 aliphatic rings. The number of rotatable bonds is 5. The summed E-state index contributed by atoms with van der Waals surface area (Å²) in [6, 6.07) is 5.44. The van der Waals surface area contributed by atoms with Gasteiger partial charge >= 0.3 is 0 Å². The summed E-state index contributed by atoms with van der Waals surface area (Å²) >= 11 is 0. The second-order valence-corrected chi connectivity index (χ2v) is 5.92. The van der Waals surface area contributed by atoms with Crippen molar-refractivity contribution in [1.29, 1.82) is 0 Å². The standard InChI is InChI=1S/C17H25NO3/c1-13(2)12-21-15-8-7-14(11-16(15)20-3)17(19)18-9-5-4-6-10-18/h7-8,11,13H,4-6,9-10,12H2,1-3H3. The smallest absolute Gasteiger partial charge is 0.253 e. The van der Waals surface area contributed by atoms with Crippen LogP contribution in [-0.2, 0) is 0 Å². The van der Waals surface area contributed by atoms with Crippen LogP contribution in [0, 0.1) is 5.92 Å². The summed E-state index contributed by atoms with van der Waals surface area (Å²) in [5.74, 6) is 1.85. The average Bonchev–Trinajstić information content (AvgIpc) is 2.52. The second-order valence-electron chi connectivity index (χ2n) is 5.92. The highest BCUT2D eigenvalue weighted by Gasteiger charge is 2.19. The zero-order chi connectivity index (χ0) is 15.2. The molecule has 0 spiro atoms. The van der Waals surface area contributed by atoms with E-state index in [1.807, 2.05) is 17.0 Å². The van der Waals surface area contributed by atoms with Gasteiger partial charge in [0.15, 0.2) is 11.5 Å². The summed E-state index contributed by atoms with van der Waals surface area (Å²) in [6.07, 6.45) is 3.41. The van der Waals surface area contributed by atoms with E-state index in [2.05, 4.69) is 13.8 Å². The molecule has 1 amide bonds. The van der Waals surface area contributed by atoms with Gasteiger partial charge in [0.2, 0.25) is 0 Å². The number of carbonyl (C=O) groups is 1. The largest absolute Gasteiger partial charge is 0.493 e. The van der Waals surface area contributed by atoms with Crippen molar-refractivity contribution in [2.45, 2.75) is 33.1 Å². The molecule has 1 saturated heterocycles. The van der Waals surface area contributed by atoms with Crippen molar-refractivity contribution >= 4 is 5.91 Å². The number of piperidine rings is 1. The van der Waals surface area contributed by atoms with Gasteiger partial charge in [-0.05, 0) is 43.4 Å². The third kappa shape index (κ3) is 4.13. The van der Waals surface area contributed by atoms with E-state index in [4.69, 9.17) is 9.47 Å². The highest BCUT2D eigenvalue weighted by molar-refractivity contribution is 5.95. The van der Waals surface area contributed by atoms with E-state index in [0.29, 0.717) is 29.6 Å². The zero-order valence-electron chi connectivity index (χ0n) is 13.2. The molecule has 21 heavy (non-hydrogen) atoms. The molecular weight excluding hydrogens is 266 g/mol. The average molecular weight is 291 g/mol. The fourth-order valence-electron chi connectivity index (χ4n) is 2.46. The van der Waals surface area contributed by atoms with E-state index in [0.717, 1.165) is 25.9 Å². The number of benzene rings is 1. The Kier molecular flexibility index (Phi) is 5.48. The highest BCUT2D eigenvalue weighted by Crippen LogP contribution is 2.29. The molecule has 0 saturated carbocycles. The lowest BCUT2D eigenvalue weighted by Crippen LogP contribution is -2.35. The molecule has 1 aromatic rings. The normalized spacial score (nSPS) is 15.1. The zero-order valence-corrected chi connectivity index (χ0v) is 13.2. The van der Waals surface area contributed by atoms with Crippen LogP contribution >= 0.6 is 0 Å². The first-order valence-electron chi connectivity index (χ1n) is 7.72. The molecule has 1 fully saturated rings. The van der Waals surface area contributed by atoms with E-state index in [1.54, 1.807) is 13.2 Å². The number of amides is 1. The molecule has 0 atom stereocenters. The van der Waals surface area contributed by atoms with Crippen molar-refractivity contribution in [3.63, 3.8) is 0 Å². The van der Waals surface area contributed by atoms with Gasteiger partial charge in [0.25, 0.3) is 5.91 Å². The van der Waals surface area contributed by atoms with Crippen molar-refractivity contribution < 1.29 is 14.3 Å². The summed E-state index contributed by atoms with van der Waals surface area (Å²) in [5.41, 5.74) is 0.672. The van der Waals surface area contributed by atoms with E-state index in [-0.39, 0.29) is 5.91 Å². The van der Waals surface area contributed by atoms with Gasteiger partial charge in [0, 0.05) is 18.7 Å². The van der Waals surface area contributed by atoms with Gasteiger partial charge < -0.3 is 14.4 Å². The Hall–Kier alpha value is -1.71. The van der Waals surface area contributed by atoms with E-state index in [1.165, 1.54) is 6.42 Å². The van der Waals surface area contributed by atoms with Gasteiger partial charge in [-0.15, -0.1) is 0 Å². The molecular formula is C17H25NO3. The van der Waals surface area contributed by atoms with Gasteiger partial charge in [-0.25, -0.2) is 0 Å². The Morgan fingerprint density at radius 2 is 1.90 bits per heavy atom. The van der Waals surface area contributed by atoms with Crippen molar-refractivity contribution in [1.82, 2.24) is 4.90 Å². The second kappa shape index (κ2) is 7.34. The number of nitrogens with zero attached hydrogens (tertiary/aromatic N) is 1. The molecule has 0 radical (unpaired) electrons. The van der Waals surface area contributed by atoms with Crippen LogP contribution in [0.15, 0.2) is 18.2 Å². The molecule has 1 heterocycles. The lowest BCUT2D eigenvalue weighted by Gasteiger charge is -2.27. The van der Waals surface area contributed by atoms with Gasteiger partial charge in [0.1, 0.15) is 0 Å². The minimum Gasteiger partial charge on any atom is -0.493 e. The fourth-order valence-corrected chi connectivity index (χ4v) is 2.46.